The van der Waals surface area contributed by atoms with E-state index in [1.54, 1.807) is 24.9 Å². The Kier molecular flexibility index (Phi) is 8.42. The molecule has 5 N–H and O–H groups in total. The molecule has 1 amide bonds. The van der Waals surface area contributed by atoms with Gasteiger partial charge >= 0.3 is 6.09 Å². The first-order valence-corrected chi connectivity index (χ1v) is 12.0. The van der Waals surface area contributed by atoms with Gasteiger partial charge in [0.2, 0.25) is 0 Å². The number of rotatable bonds is 10. The first-order chi connectivity index (χ1) is 18.7. The highest BCUT2D eigenvalue weighted by Crippen LogP contribution is 2.41. The molecule has 0 saturated carbocycles. The number of methoxy groups -OCH3 is 1. The summed E-state index contributed by atoms with van der Waals surface area (Å²) in [7, 11) is 3.32. The van der Waals surface area contributed by atoms with E-state index in [1.807, 2.05) is 18.2 Å². The number of nitrogen functional groups attached to an aromatic ring is 1. The lowest BCUT2D eigenvalue weighted by Crippen LogP contribution is -2.13. The van der Waals surface area contributed by atoms with E-state index < -0.39 is 11.9 Å². The van der Waals surface area contributed by atoms with Gasteiger partial charge in [0.05, 0.1) is 37.4 Å². The maximum atomic E-state index is 14.0. The number of amides is 1. The number of hydrogen-bond acceptors (Lipinski definition) is 9. The number of hydrogen-bond donors (Lipinski definition) is 4. The first kappa shape index (κ1) is 27.5. The van der Waals surface area contributed by atoms with Gasteiger partial charge in [-0.25, -0.2) is 14.2 Å². The van der Waals surface area contributed by atoms with Crippen molar-refractivity contribution in [2.45, 2.75) is 20.0 Å². The minimum atomic E-state index is -1.31. The van der Waals surface area contributed by atoms with Gasteiger partial charge in [-0.1, -0.05) is 11.6 Å². The van der Waals surface area contributed by atoms with Crippen molar-refractivity contribution >= 4 is 40.7 Å². The molecule has 4 rings (SSSR count). The third kappa shape index (κ3) is 6.51. The van der Waals surface area contributed by atoms with E-state index in [1.165, 1.54) is 19.2 Å². The number of anilines is 4. The average molecular weight is 557 g/mol. The fourth-order valence-electron chi connectivity index (χ4n) is 3.83. The highest BCUT2D eigenvalue weighted by atomic mass is 35.5. The predicted octanol–water partition coefficient (Wildman–Crippen LogP) is 4.56. The van der Waals surface area contributed by atoms with Crippen molar-refractivity contribution in [2.75, 3.05) is 30.1 Å². The lowest BCUT2D eigenvalue weighted by atomic mass is 10.0. The molecule has 0 aliphatic heterocycles. The van der Waals surface area contributed by atoms with Crippen LogP contribution in [0.2, 0.25) is 5.15 Å². The van der Waals surface area contributed by atoms with E-state index in [0.717, 1.165) is 5.56 Å². The van der Waals surface area contributed by atoms with Gasteiger partial charge in [0, 0.05) is 24.4 Å². The second-order valence-electron chi connectivity index (χ2n) is 8.46. The highest BCUT2D eigenvalue weighted by Gasteiger charge is 2.20. The third-order valence-corrected chi connectivity index (χ3v) is 6.06. The second kappa shape index (κ2) is 11.9. The van der Waals surface area contributed by atoms with Gasteiger partial charge in [0.25, 0.3) is 0 Å². The molecule has 0 unspecified atom stereocenters. The molecule has 3 heterocycles. The fraction of sp³-hybridized carbons (Fsp3) is 0.240. The molecule has 0 spiro atoms. The highest BCUT2D eigenvalue weighted by molar-refractivity contribution is 6.30. The number of carbonyl (C=O) groups is 1. The molecular weight excluding hydrogens is 531 g/mol. The molecular formula is C25H26ClFN8O4. The SMILES string of the molecule is COc1c(Nc2c(NC(=O)O)nnc(Cl)c2C)cc(CCOCc2nc(N)ccc2F)cc1-c1ccn(C)n1. The molecule has 0 bridgehead atoms. The van der Waals surface area contributed by atoms with E-state index in [2.05, 4.69) is 30.9 Å². The van der Waals surface area contributed by atoms with Gasteiger partial charge in [-0.05, 0) is 49.2 Å². The quantitative estimate of drug-likeness (QED) is 0.204. The van der Waals surface area contributed by atoms with E-state index >= 15 is 0 Å². The molecule has 39 heavy (non-hydrogen) atoms. The molecule has 0 aliphatic rings. The Morgan fingerprint density at radius 3 is 2.74 bits per heavy atom. The number of nitrogens with two attached hydrogens (primary N) is 1. The Labute approximate surface area is 227 Å². The standard InChI is InChI=1S/C25H26ClFN8O4/c1-13-21(24(31-25(36)37)33-32-23(13)26)30-18-11-14(7-9-39-12-19-16(27)4-5-20(28)29-19)10-15(22(18)38-3)17-6-8-35(2)34-17/h4-6,8,10-11H,7,9,12H2,1-3H3,(H2,28,29)(H,30,32)(H,31,33)(H,36,37). The zero-order valence-corrected chi connectivity index (χ0v) is 22.1. The van der Waals surface area contributed by atoms with Crippen LogP contribution in [0.25, 0.3) is 11.3 Å². The summed E-state index contributed by atoms with van der Waals surface area (Å²) in [5.74, 6) is 0.135. The zero-order chi connectivity index (χ0) is 28.1. The number of ether oxygens (including phenoxy) is 2. The smallest absolute Gasteiger partial charge is 0.410 e. The molecule has 0 fully saturated rings. The lowest BCUT2D eigenvalue weighted by Gasteiger charge is -2.19. The summed E-state index contributed by atoms with van der Waals surface area (Å²) in [6.07, 6.45) is 0.931. The van der Waals surface area contributed by atoms with E-state index in [-0.39, 0.29) is 35.7 Å². The molecule has 4 aromatic rings. The van der Waals surface area contributed by atoms with E-state index in [9.17, 15) is 14.3 Å². The zero-order valence-electron chi connectivity index (χ0n) is 21.3. The molecule has 0 radical (unpaired) electrons. The summed E-state index contributed by atoms with van der Waals surface area (Å²) in [5, 5.41) is 27.0. The Hall–Kier alpha value is -4.49. The lowest BCUT2D eigenvalue weighted by molar-refractivity contribution is 0.118. The Bertz CT molecular complexity index is 1510. The van der Waals surface area contributed by atoms with Crippen molar-refractivity contribution in [1.82, 2.24) is 25.0 Å². The number of pyridine rings is 1. The monoisotopic (exact) mass is 556 g/mol. The molecule has 1 aromatic carbocycles. The average Bonchev–Trinajstić information content (AvgIpc) is 3.33. The normalized spacial score (nSPS) is 10.9. The second-order valence-corrected chi connectivity index (χ2v) is 8.82. The van der Waals surface area contributed by atoms with Gasteiger partial charge in [0.1, 0.15) is 17.3 Å². The van der Waals surface area contributed by atoms with Crippen molar-refractivity contribution in [3.8, 4) is 17.0 Å². The number of halogens is 2. The number of benzene rings is 1. The predicted molar refractivity (Wildman–Crippen MR) is 144 cm³/mol. The van der Waals surface area contributed by atoms with Crippen LogP contribution >= 0.6 is 11.6 Å². The van der Waals surface area contributed by atoms with Crippen LogP contribution in [-0.2, 0) is 24.8 Å². The van der Waals surface area contributed by atoms with Crippen molar-refractivity contribution in [1.29, 1.82) is 0 Å². The summed E-state index contributed by atoms with van der Waals surface area (Å²) >= 11 is 6.19. The number of carboxylic acid groups (broad SMARTS) is 1. The number of nitrogens with zero attached hydrogens (tertiary/aromatic N) is 5. The van der Waals surface area contributed by atoms with Crippen LogP contribution in [0.5, 0.6) is 5.75 Å². The largest absolute Gasteiger partial charge is 0.494 e. The van der Waals surface area contributed by atoms with E-state index in [0.29, 0.717) is 40.4 Å². The Morgan fingerprint density at radius 1 is 1.26 bits per heavy atom. The fourth-order valence-corrected chi connectivity index (χ4v) is 3.96. The molecule has 0 atom stereocenters. The molecule has 3 aromatic heterocycles. The topological polar surface area (TPSA) is 162 Å². The molecule has 0 saturated heterocycles. The van der Waals surface area contributed by atoms with Crippen molar-refractivity contribution < 1.29 is 23.8 Å². The van der Waals surface area contributed by atoms with Gasteiger partial charge in [-0.15, -0.1) is 10.2 Å². The number of nitrogens with one attached hydrogen (secondary N) is 2. The summed E-state index contributed by atoms with van der Waals surface area (Å²) in [4.78, 5) is 15.3. The first-order valence-electron chi connectivity index (χ1n) is 11.7. The molecule has 204 valence electrons. The number of aromatic nitrogens is 5. The maximum absolute atomic E-state index is 14.0. The van der Waals surface area contributed by atoms with Gasteiger partial charge in [-0.3, -0.25) is 10.00 Å². The minimum Gasteiger partial charge on any atom is -0.494 e. The Balaban J connectivity index is 1.68. The minimum absolute atomic E-state index is 0.0313. The summed E-state index contributed by atoms with van der Waals surface area (Å²) < 4.78 is 27.1. The number of aryl methyl sites for hydroxylation is 1. The van der Waals surface area contributed by atoms with E-state index in [4.69, 9.17) is 26.8 Å². The molecule has 12 nitrogen and oxygen atoms in total. The molecule has 14 heteroatoms. The van der Waals surface area contributed by atoms with Gasteiger partial charge < -0.3 is 25.6 Å². The van der Waals surface area contributed by atoms with Crippen LogP contribution in [0.15, 0.2) is 36.5 Å². The van der Waals surface area contributed by atoms with Gasteiger partial charge in [-0.2, -0.15) is 5.10 Å². The van der Waals surface area contributed by atoms with Crippen LogP contribution in [0, 0.1) is 12.7 Å². The van der Waals surface area contributed by atoms with Crippen LogP contribution in [0.3, 0.4) is 0 Å². The van der Waals surface area contributed by atoms with Crippen molar-refractivity contribution in [3.05, 3.63) is 64.3 Å². The third-order valence-electron chi connectivity index (χ3n) is 5.70. The van der Waals surface area contributed by atoms with Gasteiger partial charge in [0.15, 0.2) is 16.7 Å². The van der Waals surface area contributed by atoms with Crippen molar-refractivity contribution in [3.63, 3.8) is 0 Å². The Morgan fingerprint density at radius 2 is 2.05 bits per heavy atom. The van der Waals surface area contributed by atoms with Crippen LogP contribution in [0.4, 0.5) is 32.2 Å². The summed E-state index contributed by atoms with van der Waals surface area (Å²) in [6.45, 7) is 1.88. The van der Waals surface area contributed by atoms with Crippen LogP contribution in [-0.4, -0.2) is 49.9 Å². The maximum Gasteiger partial charge on any atom is 0.410 e. The summed E-state index contributed by atoms with van der Waals surface area (Å²) in [6, 6.07) is 8.21. The van der Waals surface area contributed by atoms with Crippen LogP contribution in [0.1, 0.15) is 16.8 Å². The molecule has 0 aliphatic carbocycles. The van der Waals surface area contributed by atoms with Crippen LogP contribution < -0.4 is 21.1 Å². The summed E-state index contributed by atoms with van der Waals surface area (Å²) in [5.41, 5.74) is 9.21. The van der Waals surface area contributed by atoms with Crippen molar-refractivity contribution in [2.24, 2.45) is 7.05 Å².